The van der Waals surface area contributed by atoms with Crippen LogP contribution in [0.4, 0.5) is 0 Å². The first-order chi connectivity index (χ1) is 7.25. The monoisotopic (exact) mass is 210 g/mol. The van der Waals surface area contributed by atoms with E-state index in [0.717, 1.165) is 18.0 Å². The van der Waals surface area contributed by atoms with Crippen molar-refractivity contribution in [2.75, 3.05) is 20.1 Å². The van der Waals surface area contributed by atoms with Gasteiger partial charge in [-0.05, 0) is 45.7 Å². The first-order valence-corrected chi connectivity index (χ1v) is 6.70. The molecule has 1 N–H and O–H groups in total. The van der Waals surface area contributed by atoms with Gasteiger partial charge in [-0.1, -0.05) is 19.3 Å². The Kier molecular flexibility index (Phi) is 4.04. The molecule has 1 saturated heterocycles. The highest BCUT2D eigenvalue weighted by Crippen LogP contribution is 2.26. The molecule has 2 atom stereocenters. The zero-order chi connectivity index (χ0) is 10.7. The Morgan fingerprint density at radius 3 is 2.47 bits per heavy atom. The number of nitrogens with one attached hydrogen (secondary N) is 1. The number of rotatable bonds is 3. The van der Waals surface area contributed by atoms with Crippen LogP contribution in [0.15, 0.2) is 0 Å². The molecule has 1 aliphatic carbocycles. The smallest absolute Gasteiger partial charge is 0.0209 e. The number of likely N-dealkylation sites (tertiary alicyclic amines) is 1. The van der Waals surface area contributed by atoms with E-state index < -0.39 is 0 Å². The van der Waals surface area contributed by atoms with E-state index in [4.69, 9.17) is 0 Å². The molecule has 15 heavy (non-hydrogen) atoms. The van der Waals surface area contributed by atoms with E-state index >= 15 is 0 Å². The molecular formula is C13H26N2. The second kappa shape index (κ2) is 5.31. The zero-order valence-corrected chi connectivity index (χ0v) is 10.3. The Balaban J connectivity index is 1.73. The van der Waals surface area contributed by atoms with Crippen LogP contribution in [0.25, 0.3) is 0 Å². The van der Waals surface area contributed by atoms with Crippen molar-refractivity contribution >= 4 is 0 Å². The minimum Gasteiger partial charge on any atom is -0.310 e. The normalized spacial score (nSPS) is 32.0. The molecule has 2 fully saturated rings. The largest absolute Gasteiger partial charge is 0.310 e. The first kappa shape index (κ1) is 11.4. The van der Waals surface area contributed by atoms with Gasteiger partial charge in [0, 0.05) is 18.6 Å². The van der Waals surface area contributed by atoms with Crippen LogP contribution in [0.1, 0.15) is 45.4 Å². The Labute approximate surface area is 94.4 Å². The highest BCUT2D eigenvalue weighted by atomic mass is 15.2. The van der Waals surface area contributed by atoms with Gasteiger partial charge in [0.05, 0.1) is 0 Å². The maximum absolute atomic E-state index is 3.84. The van der Waals surface area contributed by atoms with Gasteiger partial charge in [0.25, 0.3) is 0 Å². The zero-order valence-electron chi connectivity index (χ0n) is 10.3. The van der Waals surface area contributed by atoms with Crippen molar-refractivity contribution in [2.45, 2.75) is 57.5 Å². The molecule has 1 aliphatic heterocycles. The van der Waals surface area contributed by atoms with Crippen LogP contribution in [0, 0.1) is 5.92 Å². The van der Waals surface area contributed by atoms with E-state index in [9.17, 15) is 0 Å². The molecule has 0 aromatic rings. The fourth-order valence-electron chi connectivity index (χ4n) is 3.21. The van der Waals surface area contributed by atoms with Gasteiger partial charge in [0.2, 0.25) is 0 Å². The Morgan fingerprint density at radius 1 is 1.13 bits per heavy atom. The molecule has 0 aromatic carbocycles. The van der Waals surface area contributed by atoms with E-state index in [-0.39, 0.29) is 0 Å². The summed E-state index contributed by atoms with van der Waals surface area (Å²) >= 11 is 0. The van der Waals surface area contributed by atoms with Gasteiger partial charge in [0.1, 0.15) is 0 Å². The summed E-state index contributed by atoms with van der Waals surface area (Å²) in [6.45, 7) is 4.92. The van der Waals surface area contributed by atoms with Crippen LogP contribution in [0.5, 0.6) is 0 Å². The molecule has 0 bridgehead atoms. The molecule has 2 aliphatic rings. The lowest BCUT2D eigenvalue weighted by molar-refractivity contribution is 0.262. The molecule has 0 amide bonds. The number of likely N-dealkylation sites (N-methyl/N-ethyl adjacent to an activating group) is 1. The fraction of sp³-hybridized carbons (Fsp3) is 1.00. The summed E-state index contributed by atoms with van der Waals surface area (Å²) in [6, 6.07) is 1.49. The van der Waals surface area contributed by atoms with Gasteiger partial charge in [-0.25, -0.2) is 0 Å². The van der Waals surface area contributed by atoms with E-state index in [1.807, 2.05) is 0 Å². The summed E-state index contributed by atoms with van der Waals surface area (Å²) in [7, 11) is 2.23. The van der Waals surface area contributed by atoms with Crippen molar-refractivity contribution in [3.05, 3.63) is 0 Å². The topological polar surface area (TPSA) is 15.3 Å². The van der Waals surface area contributed by atoms with Crippen LogP contribution in [0.2, 0.25) is 0 Å². The van der Waals surface area contributed by atoms with Gasteiger partial charge in [0.15, 0.2) is 0 Å². The van der Waals surface area contributed by atoms with E-state index in [0.29, 0.717) is 0 Å². The maximum Gasteiger partial charge on any atom is 0.0209 e. The molecular weight excluding hydrogens is 184 g/mol. The molecule has 0 radical (unpaired) electrons. The highest BCUT2D eigenvalue weighted by Gasteiger charge is 2.25. The third-order valence-electron chi connectivity index (χ3n) is 4.25. The highest BCUT2D eigenvalue weighted by molar-refractivity contribution is 4.84. The van der Waals surface area contributed by atoms with Gasteiger partial charge in [-0.2, -0.15) is 0 Å². The summed E-state index contributed by atoms with van der Waals surface area (Å²) < 4.78 is 0. The number of nitrogens with zero attached hydrogens (tertiary/aromatic N) is 1. The maximum atomic E-state index is 3.84. The first-order valence-electron chi connectivity index (χ1n) is 6.70. The van der Waals surface area contributed by atoms with Crippen molar-refractivity contribution in [3.63, 3.8) is 0 Å². The average molecular weight is 210 g/mol. The fourth-order valence-corrected chi connectivity index (χ4v) is 3.21. The minimum absolute atomic E-state index is 0.738. The van der Waals surface area contributed by atoms with Crippen molar-refractivity contribution in [1.29, 1.82) is 0 Å². The summed E-state index contributed by atoms with van der Waals surface area (Å²) in [6.07, 6.45) is 8.64. The molecule has 2 nitrogen and oxygen atoms in total. The number of hydrogen-bond acceptors (Lipinski definition) is 2. The molecule has 2 rings (SSSR count). The lowest BCUT2D eigenvalue weighted by Crippen LogP contribution is -2.42. The Bertz CT molecular complexity index is 187. The van der Waals surface area contributed by atoms with Crippen LogP contribution < -0.4 is 5.32 Å². The van der Waals surface area contributed by atoms with E-state index in [1.165, 1.54) is 51.6 Å². The summed E-state index contributed by atoms with van der Waals surface area (Å²) in [5, 5.41) is 3.84. The molecule has 0 unspecified atom stereocenters. The quantitative estimate of drug-likeness (QED) is 0.768. The van der Waals surface area contributed by atoms with E-state index in [2.05, 4.69) is 24.2 Å². The lowest BCUT2D eigenvalue weighted by Gasteiger charge is -2.30. The summed E-state index contributed by atoms with van der Waals surface area (Å²) in [4.78, 5) is 2.44. The SMILES string of the molecule is C[C@@H](N[C@H]1CCN(C)C1)C1CCCCC1. The van der Waals surface area contributed by atoms with Crippen molar-refractivity contribution in [2.24, 2.45) is 5.92 Å². The van der Waals surface area contributed by atoms with Gasteiger partial charge >= 0.3 is 0 Å². The molecule has 88 valence electrons. The molecule has 2 heteroatoms. The van der Waals surface area contributed by atoms with Crippen molar-refractivity contribution in [1.82, 2.24) is 10.2 Å². The molecule has 1 heterocycles. The standard InChI is InChI=1S/C13H26N2/c1-11(12-6-4-3-5-7-12)14-13-8-9-15(2)10-13/h11-14H,3-10H2,1-2H3/t11-,13+/m1/s1. The Morgan fingerprint density at radius 2 is 1.87 bits per heavy atom. The Hall–Kier alpha value is -0.0800. The van der Waals surface area contributed by atoms with Crippen LogP contribution in [0.3, 0.4) is 0 Å². The van der Waals surface area contributed by atoms with Crippen LogP contribution in [-0.4, -0.2) is 37.1 Å². The second-order valence-electron chi connectivity index (χ2n) is 5.60. The van der Waals surface area contributed by atoms with Gasteiger partial charge < -0.3 is 10.2 Å². The third-order valence-corrected chi connectivity index (χ3v) is 4.25. The summed E-state index contributed by atoms with van der Waals surface area (Å²) in [5.74, 6) is 0.949. The molecule has 0 aromatic heterocycles. The summed E-state index contributed by atoms with van der Waals surface area (Å²) in [5.41, 5.74) is 0. The molecule has 0 spiro atoms. The lowest BCUT2D eigenvalue weighted by atomic mass is 9.84. The predicted octanol–water partition coefficient (Wildman–Crippen LogP) is 2.25. The van der Waals surface area contributed by atoms with Crippen molar-refractivity contribution in [3.8, 4) is 0 Å². The van der Waals surface area contributed by atoms with Crippen molar-refractivity contribution < 1.29 is 0 Å². The van der Waals surface area contributed by atoms with Crippen LogP contribution in [-0.2, 0) is 0 Å². The third kappa shape index (κ3) is 3.18. The predicted molar refractivity (Wildman–Crippen MR) is 65.1 cm³/mol. The van der Waals surface area contributed by atoms with Crippen LogP contribution >= 0.6 is 0 Å². The number of hydrogen-bond donors (Lipinski definition) is 1. The minimum atomic E-state index is 0.738. The average Bonchev–Trinajstić information content (AvgIpc) is 2.65. The second-order valence-corrected chi connectivity index (χ2v) is 5.60. The van der Waals surface area contributed by atoms with Gasteiger partial charge in [-0.15, -0.1) is 0 Å². The van der Waals surface area contributed by atoms with E-state index in [1.54, 1.807) is 0 Å². The van der Waals surface area contributed by atoms with Gasteiger partial charge in [-0.3, -0.25) is 0 Å². The molecule has 1 saturated carbocycles.